The van der Waals surface area contributed by atoms with Crippen LogP contribution < -0.4 is 4.74 Å². The average Bonchev–Trinajstić information content (AvgIpc) is 2.46. The smallest absolute Gasteiger partial charge is 0.274 e. The molecule has 1 saturated heterocycles. The first kappa shape index (κ1) is 14.7. The molecule has 0 aliphatic carbocycles. The van der Waals surface area contributed by atoms with Crippen LogP contribution in [0.5, 0.6) is 5.88 Å². The lowest BCUT2D eigenvalue weighted by Gasteiger charge is -2.32. The third kappa shape index (κ3) is 3.23. The minimum Gasteiger partial charge on any atom is -0.480 e. The molecule has 0 unspecified atom stereocenters. The lowest BCUT2D eigenvalue weighted by molar-refractivity contribution is 0.0691. The van der Waals surface area contributed by atoms with E-state index >= 15 is 0 Å². The van der Waals surface area contributed by atoms with Gasteiger partial charge in [-0.2, -0.15) is 4.31 Å². The van der Waals surface area contributed by atoms with Gasteiger partial charge in [0.1, 0.15) is 0 Å². The van der Waals surface area contributed by atoms with E-state index in [0.717, 1.165) is 0 Å². The summed E-state index contributed by atoms with van der Waals surface area (Å²) in [5, 5.41) is 7.54. The molecule has 0 bridgehead atoms. The van der Waals surface area contributed by atoms with Crippen molar-refractivity contribution in [2.45, 2.75) is 0 Å². The average molecular weight is 300 g/mol. The number of carbonyl (C=O) groups is 1. The Morgan fingerprint density at radius 1 is 1.20 bits per heavy atom. The second-order valence-corrected chi connectivity index (χ2v) is 6.40. The predicted molar refractivity (Wildman–Crippen MR) is 70.9 cm³/mol. The van der Waals surface area contributed by atoms with Crippen LogP contribution >= 0.6 is 0 Å². The molecule has 0 atom stereocenters. The number of nitrogens with zero attached hydrogens (tertiary/aromatic N) is 4. The summed E-state index contributed by atoms with van der Waals surface area (Å²) < 4.78 is 29.0. The SMILES string of the molecule is COc1ccc(C(=O)N2CCN(S(C)(=O)=O)CC2)nn1. The number of piperazine rings is 1. The summed E-state index contributed by atoms with van der Waals surface area (Å²) in [6.07, 6.45) is 1.17. The molecule has 2 heterocycles. The summed E-state index contributed by atoms with van der Waals surface area (Å²) in [5.74, 6) is 0.0803. The van der Waals surface area contributed by atoms with Crippen molar-refractivity contribution in [2.75, 3.05) is 39.5 Å². The molecule has 20 heavy (non-hydrogen) atoms. The molecule has 0 radical (unpaired) electrons. The molecule has 0 spiro atoms. The van der Waals surface area contributed by atoms with Crippen LogP contribution in [-0.2, 0) is 10.0 Å². The second kappa shape index (κ2) is 5.71. The van der Waals surface area contributed by atoms with Crippen LogP contribution in [0.1, 0.15) is 10.5 Å². The minimum atomic E-state index is -3.20. The highest BCUT2D eigenvalue weighted by molar-refractivity contribution is 7.88. The van der Waals surface area contributed by atoms with Crippen molar-refractivity contribution in [3.63, 3.8) is 0 Å². The van der Waals surface area contributed by atoms with Crippen molar-refractivity contribution in [3.8, 4) is 5.88 Å². The highest BCUT2D eigenvalue weighted by atomic mass is 32.2. The molecule has 110 valence electrons. The largest absolute Gasteiger partial charge is 0.480 e. The Balaban J connectivity index is 2.01. The first-order valence-corrected chi connectivity index (χ1v) is 7.89. The van der Waals surface area contributed by atoms with Gasteiger partial charge in [0.25, 0.3) is 5.91 Å². The van der Waals surface area contributed by atoms with Crippen LogP contribution in [0.25, 0.3) is 0 Å². The van der Waals surface area contributed by atoms with E-state index in [4.69, 9.17) is 4.74 Å². The number of aromatic nitrogens is 2. The van der Waals surface area contributed by atoms with Gasteiger partial charge in [0.2, 0.25) is 15.9 Å². The molecular weight excluding hydrogens is 284 g/mol. The second-order valence-electron chi connectivity index (χ2n) is 4.42. The topological polar surface area (TPSA) is 92.7 Å². The fourth-order valence-electron chi connectivity index (χ4n) is 1.93. The summed E-state index contributed by atoms with van der Waals surface area (Å²) >= 11 is 0. The van der Waals surface area contributed by atoms with Crippen LogP contribution in [0, 0.1) is 0 Å². The normalized spacial score (nSPS) is 17.0. The zero-order valence-corrected chi connectivity index (χ0v) is 12.1. The Morgan fingerprint density at radius 3 is 2.30 bits per heavy atom. The van der Waals surface area contributed by atoms with Crippen LogP contribution in [0.2, 0.25) is 0 Å². The van der Waals surface area contributed by atoms with Crippen molar-refractivity contribution in [1.82, 2.24) is 19.4 Å². The van der Waals surface area contributed by atoms with Gasteiger partial charge in [-0.05, 0) is 6.07 Å². The molecule has 8 nitrogen and oxygen atoms in total. The first-order valence-electron chi connectivity index (χ1n) is 6.04. The summed E-state index contributed by atoms with van der Waals surface area (Å²) in [6, 6.07) is 3.10. The Labute approximate surface area is 117 Å². The molecule has 1 aromatic heterocycles. The monoisotopic (exact) mass is 300 g/mol. The highest BCUT2D eigenvalue weighted by Gasteiger charge is 2.27. The summed E-state index contributed by atoms with van der Waals surface area (Å²) in [5.41, 5.74) is 0.221. The van der Waals surface area contributed by atoms with E-state index in [0.29, 0.717) is 32.1 Å². The molecular formula is C11H16N4O4S. The number of amides is 1. The highest BCUT2D eigenvalue weighted by Crippen LogP contribution is 2.10. The number of sulfonamides is 1. The molecule has 1 aliphatic rings. The van der Waals surface area contributed by atoms with E-state index in [-0.39, 0.29) is 11.6 Å². The fourth-order valence-corrected chi connectivity index (χ4v) is 2.75. The third-order valence-corrected chi connectivity index (χ3v) is 4.37. The molecule has 1 fully saturated rings. The van der Waals surface area contributed by atoms with Gasteiger partial charge in [-0.25, -0.2) is 8.42 Å². The molecule has 9 heteroatoms. The minimum absolute atomic E-state index is 0.221. The van der Waals surface area contributed by atoms with Gasteiger partial charge in [0.05, 0.1) is 13.4 Å². The Bertz CT molecular complexity index is 579. The Hall–Kier alpha value is -1.74. The van der Waals surface area contributed by atoms with E-state index in [1.807, 2.05) is 0 Å². The van der Waals surface area contributed by atoms with E-state index < -0.39 is 10.0 Å². The van der Waals surface area contributed by atoms with Crippen molar-refractivity contribution in [2.24, 2.45) is 0 Å². The first-order chi connectivity index (χ1) is 9.41. The lowest BCUT2D eigenvalue weighted by atomic mass is 10.3. The van der Waals surface area contributed by atoms with Crippen molar-refractivity contribution >= 4 is 15.9 Å². The van der Waals surface area contributed by atoms with Crippen LogP contribution in [0.4, 0.5) is 0 Å². The molecule has 0 N–H and O–H groups in total. The van der Waals surface area contributed by atoms with Crippen molar-refractivity contribution in [3.05, 3.63) is 17.8 Å². The fraction of sp³-hybridized carbons (Fsp3) is 0.545. The van der Waals surface area contributed by atoms with E-state index in [9.17, 15) is 13.2 Å². The summed E-state index contributed by atoms with van der Waals surface area (Å²) in [4.78, 5) is 13.7. The summed E-state index contributed by atoms with van der Waals surface area (Å²) in [7, 11) is -1.73. The maximum Gasteiger partial charge on any atom is 0.274 e. The molecule has 0 saturated carbocycles. The number of rotatable bonds is 3. The summed E-state index contributed by atoms with van der Waals surface area (Å²) in [6.45, 7) is 1.29. The van der Waals surface area contributed by atoms with Gasteiger partial charge >= 0.3 is 0 Å². The van der Waals surface area contributed by atoms with Gasteiger partial charge in [-0.3, -0.25) is 4.79 Å². The molecule has 0 aromatic carbocycles. The van der Waals surface area contributed by atoms with Crippen molar-refractivity contribution in [1.29, 1.82) is 0 Å². The quantitative estimate of drug-likeness (QED) is 0.726. The standard InChI is InChI=1S/C11H16N4O4S/c1-19-10-4-3-9(12-13-10)11(16)14-5-7-15(8-6-14)20(2,17)18/h3-4H,5-8H2,1-2H3. The maximum absolute atomic E-state index is 12.2. The van der Waals surface area contributed by atoms with Gasteiger partial charge in [-0.15, -0.1) is 10.2 Å². The Morgan fingerprint density at radius 2 is 1.85 bits per heavy atom. The van der Waals surface area contributed by atoms with E-state index in [1.165, 1.54) is 23.7 Å². The van der Waals surface area contributed by atoms with E-state index in [1.54, 1.807) is 11.0 Å². The Kier molecular flexibility index (Phi) is 4.19. The predicted octanol–water partition coefficient (Wildman–Crippen LogP) is -0.797. The van der Waals surface area contributed by atoms with Gasteiger partial charge in [0.15, 0.2) is 5.69 Å². The van der Waals surface area contributed by atoms with Crippen molar-refractivity contribution < 1.29 is 17.9 Å². The molecule has 1 aliphatic heterocycles. The molecule has 2 rings (SSSR count). The molecule has 1 amide bonds. The molecule has 1 aromatic rings. The number of methoxy groups -OCH3 is 1. The van der Waals surface area contributed by atoms with Gasteiger partial charge in [-0.1, -0.05) is 0 Å². The third-order valence-electron chi connectivity index (χ3n) is 3.06. The number of ether oxygens (including phenoxy) is 1. The number of hydrogen-bond acceptors (Lipinski definition) is 6. The van der Waals surface area contributed by atoms with Crippen LogP contribution in [0.3, 0.4) is 0 Å². The number of carbonyl (C=O) groups excluding carboxylic acids is 1. The van der Waals surface area contributed by atoms with Gasteiger partial charge < -0.3 is 9.64 Å². The zero-order valence-electron chi connectivity index (χ0n) is 11.3. The van der Waals surface area contributed by atoms with Crippen LogP contribution in [-0.4, -0.2) is 73.3 Å². The lowest BCUT2D eigenvalue weighted by Crippen LogP contribution is -2.50. The van der Waals surface area contributed by atoms with Crippen LogP contribution in [0.15, 0.2) is 12.1 Å². The maximum atomic E-state index is 12.2. The van der Waals surface area contributed by atoms with E-state index in [2.05, 4.69) is 10.2 Å². The van der Waals surface area contributed by atoms with Gasteiger partial charge in [0, 0.05) is 32.2 Å². The zero-order chi connectivity index (χ0) is 14.8. The number of hydrogen-bond donors (Lipinski definition) is 0.